The van der Waals surface area contributed by atoms with E-state index in [2.05, 4.69) is 10.2 Å². The molecule has 1 aromatic carbocycles. The monoisotopic (exact) mass is 360 g/mol. The highest BCUT2D eigenvalue weighted by Crippen LogP contribution is 2.33. The van der Waals surface area contributed by atoms with Crippen molar-refractivity contribution in [2.45, 2.75) is 50.5 Å². The predicted octanol–water partition coefficient (Wildman–Crippen LogP) is 2.78. The number of ether oxygens (including phenoxy) is 2. The zero-order chi connectivity index (χ0) is 18.2. The van der Waals surface area contributed by atoms with Crippen LogP contribution in [0.2, 0.25) is 0 Å². The molecule has 2 aliphatic rings. The predicted molar refractivity (Wildman–Crippen MR) is 103 cm³/mol. The van der Waals surface area contributed by atoms with E-state index in [-0.39, 0.29) is 11.4 Å². The number of nitrogens with one attached hydrogen (secondary N) is 1. The number of methoxy groups -OCH3 is 1. The summed E-state index contributed by atoms with van der Waals surface area (Å²) in [4.78, 5) is 15.0. The fraction of sp³-hybridized carbons (Fsp3) is 0.667. The molecule has 5 heteroatoms. The maximum atomic E-state index is 12.5. The first-order valence-electron chi connectivity index (χ1n) is 9.94. The zero-order valence-electron chi connectivity index (χ0n) is 16.0. The fourth-order valence-electron chi connectivity index (χ4n) is 4.29. The summed E-state index contributed by atoms with van der Waals surface area (Å²) in [5.41, 5.74) is 1.27. The van der Waals surface area contributed by atoms with Gasteiger partial charge in [0.15, 0.2) is 0 Å². The summed E-state index contributed by atoms with van der Waals surface area (Å²) < 4.78 is 10.8. The summed E-state index contributed by atoms with van der Waals surface area (Å²) in [5, 5.41) is 3.24. The van der Waals surface area contributed by atoms with Gasteiger partial charge in [-0.15, -0.1) is 0 Å². The van der Waals surface area contributed by atoms with Gasteiger partial charge in [0.1, 0.15) is 5.75 Å². The van der Waals surface area contributed by atoms with E-state index >= 15 is 0 Å². The van der Waals surface area contributed by atoms with E-state index in [9.17, 15) is 4.79 Å². The standard InChI is InChI=1S/C21H32N2O3/c1-25-19-7-5-6-18(16-19)8-9-20(24)22-17-21(10-3-2-4-11-21)23-12-14-26-15-13-23/h5-7,16H,2-4,8-15,17H2,1H3,(H,22,24). The van der Waals surface area contributed by atoms with Crippen molar-refractivity contribution in [1.82, 2.24) is 10.2 Å². The van der Waals surface area contributed by atoms with Crippen LogP contribution in [0.25, 0.3) is 0 Å². The Morgan fingerprint density at radius 1 is 1.23 bits per heavy atom. The van der Waals surface area contributed by atoms with Crippen molar-refractivity contribution >= 4 is 5.91 Å². The molecule has 1 heterocycles. The van der Waals surface area contributed by atoms with Gasteiger partial charge in [0.25, 0.3) is 0 Å². The number of hydrogen-bond acceptors (Lipinski definition) is 4. The van der Waals surface area contributed by atoms with Gasteiger partial charge in [0, 0.05) is 31.6 Å². The highest BCUT2D eigenvalue weighted by Gasteiger charge is 2.38. The molecule has 0 bridgehead atoms. The van der Waals surface area contributed by atoms with Gasteiger partial charge in [-0.1, -0.05) is 31.4 Å². The van der Waals surface area contributed by atoms with Crippen LogP contribution in [0, 0.1) is 0 Å². The molecule has 3 rings (SSSR count). The van der Waals surface area contributed by atoms with Crippen molar-refractivity contribution in [3.8, 4) is 5.75 Å². The van der Waals surface area contributed by atoms with Crippen LogP contribution in [0.15, 0.2) is 24.3 Å². The summed E-state index contributed by atoms with van der Waals surface area (Å²) >= 11 is 0. The molecule has 0 radical (unpaired) electrons. The van der Waals surface area contributed by atoms with Crippen LogP contribution >= 0.6 is 0 Å². The number of amides is 1. The van der Waals surface area contributed by atoms with E-state index in [0.717, 1.165) is 50.6 Å². The number of benzene rings is 1. The lowest BCUT2D eigenvalue weighted by atomic mass is 9.79. The second-order valence-corrected chi connectivity index (χ2v) is 7.51. The number of morpholine rings is 1. The van der Waals surface area contributed by atoms with Crippen molar-refractivity contribution < 1.29 is 14.3 Å². The number of rotatable bonds is 7. The number of aryl methyl sites for hydroxylation is 1. The molecule has 1 saturated heterocycles. The molecule has 0 unspecified atom stereocenters. The van der Waals surface area contributed by atoms with Gasteiger partial charge in [0.05, 0.1) is 20.3 Å². The molecule has 144 valence electrons. The van der Waals surface area contributed by atoms with E-state index < -0.39 is 0 Å². The molecule has 1 N–H and O–H groups in total. The molecule has 26 heavy (non-hydrogen) atoms. The molecule has 1 amide bonds. The van der Waals surface area contributed by atoms with Crippen LogP contribution in [0.1, 0.15) is 44.1 Å². The van der Waals surface area contributed by atoms with Crippen molar-refractivity contribution in [2.75, 3.05) is 40.0 Å². The molecule has 2 fully saturated rings. The number of carbonyl (C=O) groups excluding carboxylic acids is 1. The van der Waals surface area contributed by atoms with Crippen LogP contribution in [-0.2, 0) is 16.0 Å². The Balaban J connectivity index is 1.52. The van der Waals surface area contributed by atoms with E-state index in [1.807, 2.05) is 24.3 Å². The Morgan fingerprint density at radius 3 is 2.73 bits per heavy atom. The quantitative estimate of drug-likeness (QED) is 0.812. The summed E-state index contributed by atoms with van der Waals surface area (Å²) in [6, 6.07) is 7.95. The van der Waals surface area contributed by atoms with Crippen LogP contribution in [-0.4, -0.2) is 56.3 Å². The smallest absolute Gasteiger partial charge is 0.220 e. The minimum Gasteiger partial charge on any atom is -0.497 e. The van der Waals surface area contributed by atoms with Gasteiger partial charge in [-0.25, -0.2) is 0 Å². The van der Waals surface area contributed by atoms with Crippen LogP contribution in [0.3, 0.4) is 0 Å². The van der Waals surface area contributed by atoms with Crippen LogP contribution in [0.4, 0.5) is 0 Å². The first kappa shape index (κ1) is 19.2. The lowest BCUT2D eigenvalue weighted by Crippen LogP contribution is -2.59. The first-order valence-corrected chi connectivity index (χ1v) is 9.94. The minimum atomic E-state index is 0.133. The van der Waals surface area contributed by atoms with Gasteiger partial charge >= 0.3 is 0 Å². The van der Waals surface area contributed by atoms with Gasteiger partial charge in [-0.2, -0.15) is 0 Å². The van der Waals surface area contributed by atoms with E-state index in [1.165, 1.54) is 32.1 Å². The highest BCUT2D eigenvalue weighted by molar-refractivity contribution is 5.76. The van der Waals surface area contributed by atoms with Gasteiger partial charge in [0.2, 0.25) is 5.91 Å². The van der Waals surface area contributed by atoms with Crippen LogP contribution in [0.5, 0.6) is 5.75 Å². The SMILES string of the molecule is COc1cccc(CCC(=O)NCC2(N3CCOCC3)CCCCC2)c1. The summed E-state index contributed by atoms with van der Waals surface area (Å²) in [7, 11) is 1.67. The Morgan fingerprint density at radius 2 is 2.00 bits per heavy atom. The van der Waals surface area contributed by atoms with E-state index in [0.29, 0.717) is 6.42 Å². The Kier molecular flexibility index (Phi) is 6.92. The highest BCUT2D eigenvalue weighted by atomic mass is 16.5. The van der Waals surface area contributed by atoms with Crippen molar-refractivity contribution in [3.05, 3.63) is 29.8 Å². The topological polar surface area (TPSA) is 50.8 Å². The second-order valence-electron chi connectivity index (χ2n) is 7.51. The Labute approximate surface area is 157 Å². The molecule has 0 aromatic heterocycles. The summed E-state index contributed by atoms with van der Waals surface area (Å²) in [6.45, 7) is 4.36. The third kappa shape index (κ3) is 4.98. The number of hydrogen-bond donors (Lipinski definition) is 1. The molecule has 1 aromatic rings. The molecular formula is C21H32N2O3. The Bertz CT molecular complexity index is 578. The van der Waals surface area contributed by atoms with Gasteiger partial charge in [-0.3, -0.25) is 9.69 Å². The molecule has 1 aliphatic heterocycles. The third-order valence-electron chi connectivity index (χ3n) is 5.86. The zero-order valence-corrected chi connectivity index (χ0v) is 16.0. The van der Waals surface area contributed by atoms with Crippen molar-refractivity contribution in [1.29, 1.82) is 0 Å². The number of nitrogens with zero attached hydrogens (tertiary/aromatic N) is 1. The molecule has 1 saturated carbocycles. The third-order valence-corrected chi connectivity index (χ3v) is 5.86. The van der Waals surface area contributed by atoms with Crippen molar-refractivity contribution in [2.24, 2.45) is 0 Å². The molecular weight excluding hydrogens is 328 g/mol. The lowest BCUT2D eigenvalue weighted by molar-refractivity contribution is -0.122. The van der Waals surface area contributed by atoms with Gasteiger partial charge < -0.3 is 14.8 Å². The second kappa shape index (κ2) is 9.38. The maximum absolute atomic E-state index is 12.5. The summed E-state index contributed by atoms with van der Waals surface area (Å²) in [6.07, 6.45) is 7.47. The number of carbonyl (C=O) groups is 1. The molecule has 1 aliphatic carbocycles. The van der Waals surface area contributed by atoms with E-state index in [4.69, 9.17) is 9.47 Å². The Hall–Kier alpha value is -1.59. The largest absolute Gasteiger partial charge is 0.497 e. The average Bonchev–Trinajstić information content (AvgIpc) is 2.72. The fourth-order valence-corrected chi connectivity index (χ4v) is 4.29. The first-order chi connectivity index (χ1) is 12.7. The normalized spacial score (nSPS) is 20.5. The minimum absolute atomic E-state index is 0.133. The molecule has 0 spiro atoms. The lowest BCUT2D eigenvalue weighted by Gasteiger charge is -2.48. The van der Waals surface area contributed by atoms with E-state index in [1.54, 1.807) is 7.11 Å². The maximum Gasteiger partial charge on any atom is 0.220 e. The summed E-state index contributed by atoms with van der Waals surface area (Å²) in [5.74, 6) is 0.988. The van der Waals surface area contributed by atoms with Gasteiger partial charge in [-0.05, 0) is 37.0 Å². The molecule has 5 nitrogen and oxygen atoms in total. The van der Waals surface area contributed by atoms with Crippen molar-refractivity contribution in [3.63, 3.8) is 0 Å². The van der Waals surface area contributed by atoms with Crippen LogP contribution < -0.4 is 10.1 Å². The average molecular weight is 360 g/mol. The molecule has 0 atom stereocenters.